The summed E-state index contributed by atoms with van der Waals surface area (Å²) < 4.78 is 5.34. The molecule has 0 saturated heterocycles. The van der Waals surface area contributed by atoms with E-state index in [4.69, 9.17) is 4.74 Å². The minimum Gasteiger partial charge on any atom is -0.495 e. The lowest BCUT2D eigenvalue weighted by Gasteiger charge is -2.18. The second-order valence-corrected chi connectivity index (χ2v) is 6.09. The fourth-order valence-electron chi connectivity index (χ4n) is 2.69. The van der Waals surface area contributed by atoms with Crippen LogP contribution < -0.4 is 10.1 Å². The molecule has 3 rings (SSSR count). The van der Waals surface area contributed by atoms with Crippen molar-refractivity contribution in [3.63, 3.8) is 0 Å². The van der Waals surface area contributed by atoms with Crippen LogP contribution >= 0.6 is 0 Å². The third kappa shape index (κ3) is 4.82. The van der Waals surface area contributed by atoms with Crippen LogP contribution in [0.5, 0.6) is 5.75 Å². The number of carbonyl (C=O) groups is 1. The zero-order valence-corrected chi connectivity index (χ0v) is 15.4. The Labute approximate surface area is 158 Å². The number of amides is 1. The topological polar surface area (TPSA) is 67.3 Å². The van der Waals surface area contributed by atoms with Gasteiger partial charge in [0, 0.05) is 37.7 Å². The monoisotopic (exact) mass is 362 g/mol. The Hall–Kier alpha value is -3.41. The van der Waals surface area contributed by atoms with Crippen LogP contribution in [-0.4, -0.2) is 41.5 Å². The molecule has 0 bridgehead atoms. The minimum atomic E-state index is -0.0467. The highest BCUT2D eigenvalue weighted by Crippen LogP contribution is 2.26. The average Bonchev–Trinajstić information content (AvgIpc) is 2.73. The number of hydrogen-bond acceptors (Lipinski definition) is 5. The van der Waals surface area contributed by atoms with Crippen LogP contribution in [0.3, 0.4) is 0 Å². The van der Waals surface area contributed by atoms with Crippen molar-refractivity contribution in [2.75, 3.05) is 26.0 Å². The molecule has 2 heterocycles. The number of nitrogens with zero attached hydrogens (tertiary/aromatic N) is 3. The van der Waals surface area contributed by atoms with Gasteiger partial charge in [0.05, 0.1) is 12.8 Å². The first-order valence-electron chi connectivity index (χ1n) is 8.68. The fraction of sp³-hybridized carbons (Fsp3) is 0.190. The molecule has 0 spiro atoms. The van der Waals surface area contributed by atoms with Crippen LogP contribution in [0.2, 0.25) is 0 Å². The molecular weight excluding hydrogens is 340 g/mol. The quantitative estimate of drug-likeness (QED) is 0.696. The summed E-state index contributed by atoms with van der Waals surface area (Å²) >= 11 is 0. The number of carbonyl (C=O) groups excluding carboxylic acids is 1. The maximum atomic E-state index is 12.7. The van der Waals surface area contributed by atoms with Crippen molar-refractivity contribution in [2.45, 2.75) is 6.42 Å². The van der Waals surface area contributed by atoms with Gasteiger partial charge < -0.3 is 15.0 Å². The number of benzene rings is 1. The van der Waals surface area contributed by atoms with Gasteiger partial charge in [-0.05, 0) is 48.4 Å². The molecule has 1 aromatic carbocycles. The van der Waals surface area contributed by atoms with E-state index in [-0.39, 0.29) is 5.91 Å². The molecule has 0 saturated carbocycles. The van der Waals surface area contributed by atoms with E-state index in [0.29, 0.717) is 23.7 Å². The number of rotatable bonds is 7. The number of hydrogen-bond donors (Lipinski definition) is 1. The number of likely N-dealkylation sites (N-methyl/N-ethyl adjacent to an activating group) is 1. The Balaban J connectivity index is 1.68. The summed E-state index contributed by atoms with van der Waals surface area (Å²) in [5.74, 6) is 1.26. The smallest absolute Gasteiger partial charge is 0.253 e. The van der Waals surface area contributed by atoms with Crippen LogP contribution in [0.15, 0.2) is 67.1 Å². The summed E-state index contributed by atoms with van der Waals surface area (Å²) in [4.78, 5) is 22.7. The third-order valence-corrected chi connectivity index (χ3v) is 4.21. The highest BCUT2D eigenvalue weighted by molar-refractivity contribution is 5.94. The van der Waals surface area contributed by atoms with Gasteiger partial charge in [0.1, 0.15) is 11.6 Å². The molecule has 138 valence electrons. The van der Waals surface area contributed by atoms with Gasteiger partial charge in [-0.2, -0.15) is 0 Å². The van der Waals surface area contributed by atoms with E-state index < -0.39 is 0 Å². The van der Waals surface area contributed by atoms with Crippen LogP contribution in [0, 0.1) is 0 Å². The van der Waals surface area contributed by atoms with E-state index in [1.165, 1.54) is 0 Å². The SMILES string of the molecule is COc1ccccc1Nc1cc(C(=O)N(C)CCc2ccncc2)ccn1. The van der Waals surface area contributed by atoms with Gasteiger partial charge in [-0.3, -0.25) is 9.78 Å². The van der Waals surface area contributed by atoms with Crippen LogP contribution in [0.4, 0.5) is 11.5 Å². The number of para-hydroxylation sites is 2. The third-order valence-electron chi connectivity index (χ3n) is 4.21. The summed E-state index contributed by atoms with van der Waals surface area (Å²) in [7, 11) is 3.42. The highest BCUT2D eigenvalue weighted by atomic mass is 16.5. The Kier molecular flexibility index (Phi) is 5.99. The second-order valence-electron chi connectivity index (χ2n) is 6.09. The van der Waals surface area contributed by atoms with Crippen molar-refractivity contribution in [2.24, 2.45) is 0 Å². The average molecular weight is 362 g/mol. The maximum Gasteiger partial charge on any atom is 0.253 e. The van der Waals surface area contributed by atoms with Crippen LogP contribution in [0.1, 0.15) is 15.9 Å². The Morgan fingerprint density at radius 3 is 2.67 bits per heavy atom. The number of aromatic nitrogens is 2. The molecule has 2 aromatic heterocycles. The van der Waals surface area contributed by atoms with E-state index >= 15 is 0 Å². The lowest BCUT2D eigenvalue weighted by atomic mass is 10.2. The van der Waals surface area contributed by atoms with Gasteiger partial charge >= 0.3 is 0 Å². The van der Waals surface area contributed by atoms with Gasteiger partial charge in [-0.15, -0.1) is 0 Å². The summed E-state index contributed by atoms with van der Waals surface area (Å²) in [5.41, 5.74) is 2.53. The maximum absolute atomic E-state index is 12.7. The lowest BCUT2D eigenvalue weighted by Crippen LogP contribution is -2.28. The van der Waals surface area contributed by atoms with Gasteiger partial charge in [0.25, 0.3) is 5.91 Å². The zero-order valence-electron chi connectivity index (χ0n) is 15.4. The van der Waals surface area contributed by atoms with E-state index in [1.807, 2.05) is 36.4 Å². The van der Waals surface area contributed by atoms with Gasteiger partial charge in [-0.25, -0.2) is 4.98 Å². The van der Waals surface area contributed by atoms with Crippen molar-refractivity contribution < 1.29 is 9.53 Å². The zero-order chi connectivity index (χ0) is 19.1. The van der Waals surface area contributed by atoms with E-state index in [0.717, 1.165) is 17.7 Å². The second kappa shape index (κ2) is 8.80. The molecule has 0 unspecified atom stereocenters. The predicted octanol–water partition coefficient (Wildman–Crippen LogP) is 3.54. The van der Waals surface area contributed by atoms with Gasteiger partial charge in [0.2, 0.25) is 0 Å². The molecule has 3 aromatic rings. The van der Waals surface area contributed by atoms with Crippen molar-refractivity contribution in [3.05, 3.63) is 78.2 Å². The Morgan fingerprint density at radius 2 is 1.89 bits per heavy atom. The molecule has 0 radical (unpaired) electrons. The molecule has 27 heavy (non-hydrogen) atoms. The number of pyridine rings is 2. The van der Waals surface area contributed by atoms with Crippen molar-refractivity contribution in [1.29, 1.82) is 0 Å². The lowest BCUT2D eigenvalue weighted by molar-refractivity contribution is 0.0796. The number of ether oxygens (including phenoxy) is 1. The van der Waals surface area contributed by atoms with E-state index in [1.54, 1.807) is 49.8 Å². The predicted molar refractivity (Wildman–Crippen MR) is 105 cm³/mol. The number of methoxy groups -OCH3 is 1. The number of anilines is 2. The van der Waals surface area contributed by atoms with E-state index in [9.17, 15) is 4.79 Å². The molecule has 0 fully saturated rings. The summed E-state index contributed by atoms with van der Waals surface area (Å²) in [6.45, 7) is 0.625. The molecule has 6 nitrogen and oxygen atoms in total. The van der Waals surface area contributed by atoms with Crippen molar-refractivity contribution in [1.82, 2.24) is 14.9 Å². The Bertz CT molecular complexity index is 899. The highest BCUT2D eigenvalue weighted by Gasteiger charge is 2.13. The normalized spacial score (nSPS) is 10.3. The summed E-state index contributed by atoms with van der Waals surface area (Å²) in [6.07, 6.45) is 5.93. The van der Waals surface area contributed by atoms with Crippen molar-refractivity contribution >= 4 is 17.4 Å². The standard InChI is InChI=1S/C21H22N4O2/c1-25(14-10-16-7-11-22-12-8-16)21(26)17-9-13-23-20(15-17)24-18-5-3-4-6-19(18)27-2/h3-9,11-13,15H,10,14H2,1-2H3,(H,23,24). The summed E-state index contributed by atoms with van der Waals surface area (Å²) in [6, 6.07) is 15.0. The first-order chi connectivity index (χ1) is 13.2. The van der Waals surface area contributed by atoms with Crippen LogP contribution in [-0.2, 0) is 6.42 Å². The first-order valence-corrected chi connectivity index (χ1v) is 8.68. The van der Waals surface area contributed by atoms with Crippen LogP contribution in [0.25, 0.3) is 0 Å². The molecule has 0 aliphatic heterocycles. The molecule has 0 aliphatic carbocycles. The summed E-state index contributed by atoms with van der Waals surface area (Å²) in [5, 5.41) is 3.20. The molecule has 1 amide bonds. The Morgan fingerprint density at radius 1 is 1.11 bits per heavy atom. The number of nitrogens with one attached hydrogen (secondary N) is 1. The minimum absolute atomic E-state index is 0.0467. The van der Waals surface area contributed by atoms with E-state index in [2.05, 4.69) is 15.3 Å². The molecular formula is C21H22N4O2. The molecule has 0 aliphatic rings. The molecule has 1 N–H and O–H groups in total. The fourth-order valence-corrected chi connectivity index (χ4v) is 2.69. The first kappa shape index (κ1) is 18.4. The van der Waals surface area contributed by atoms with Gasteiger partial charge in [-0.1, -0.05) is 12.1 Å². The van der Waals surface area contributed by atoms with Gasteiger partial charge in [0.15, 0.2) is 0 Å². The van der Waals surface area contributed by atoms with Crippen molar-refractivity contribution in [3.8, 4) is 5.75 Å². The largest absolute Gasteiger partial charge is 0.495 e. The molecule has 0 atom stereocenters. The molecule has 6 heteroatoms.